The van der Waals surface area contributed by atoms with Crippen molar-refractivity contribution >= 4 is 11.6 Å². The highest BCUT2D eigenvalue weighted by atomic mass is 16.4. The highest BCUT2D eigenvalue weighted by molar-refractivity contribution is 5.81. The smallest absolute Gasteiger partial charge is 0.230 e. The van der Waals surface area contributed by atoms with Gasteiger partial charge in [0.15, 0.2) is 11.5 Å². The van der Waals surface area contributed by atoms with Crippen LogP contribution in [0.4, 0.5) is 0 Å². The normalized spacial score (nSPS) is 12.9. The predicted octanol–water partition coefficient (Wildman–Crippen LogP) is 5.86. The van der Waals surface area contributed by atoms with E-state index in [4.69, 9.17) is 8.83 Å². The molecule has 2 aromatic rings. The van der Waals surface area contributed by atoms with E-state index in [1.54, 1.807) is 0 Å². The molecule has 2 aromatic heterocycles. The molecule has 0 fully saturated rings. The third-order valence-electron chi connectivity index (χ3n) is 6.65. The molecule has 0 aliphatic rings. The molecule has 1 unspecified atom stereocenters. The maximum absolute atomic E-state index is 12.7. The standard InChI is InChI=1S/C29H40O8/c1-28(2,3)13-7-11-19(30)9-6-10-20(31)12-8-14-29(4,5)26(21-16-36-17-24(34)27(21)35)25-15-22(32)23(33)18-37-25/h15-18,26,33-34H,6-14H2,1-5H3. The minimum absolute atomic E-state index is 0.0721. The van der Waals surface area contributed by atoms with Gasteiger partial charge in [-0.2, -0.15) is 0 Å². The molecule has 0 radical (unpaired) electrons. The summed E-state index contributed by atoms with van der Waals surface area (Å²) in [6, 6.07) is 1.12. The Kier molecular flexibility index (Phi) is 10.5. The number of aromatic hydroxyl groups is 2. The first-order valence-corrected chi connectivity index (χ1v) is 12.9. The van der Waals surface area contributed by atoms with Crippen molar-refractivity contribution in [3.8, 4) is 11.5 Å². The Labute approximate surface area is 217 Å². The van der Waals surface area contributed by atoms with E-state index in [2.05, 4.69) is 20.8 Å². The molecule has 0 amide bonds. The Hall–Kier alpha value is -3.16. The van der Waals surface area contributed by atoms with Crippen molar-refractivity contribution in [3.63, 3.8) is 0 Å². The molecule has 8 heteroatoms. The van der Waals surface area contributed by atoms with Crippen molar-refractivity contribution in [3.05, 3.63) is 56.6 Å². The number of rotatable bonds is 14. The van der Waals surface area contributed by atoms with Crippen LogP contribution < -0.4 is 10.9 Å². The second-order valence-corrected chi connectivity index (χ2v) is 11.7. The van der Waals surface area contributed by atoms with Crippen LogP contribution in [0.2, 0.25) is 0 Å². The first-order chi connectivity index (χ1) is 17.2. The van der Waals surface area contributed by atoms with Gasteiger partial charge in [0.2, 0.25) is 10.9 Å². The van der Waals surface area contributed by atoms with E-state index in [-0.39, 0.29) is 28.3 Å². The molecule has 1 atom stereocenters. The van der Waals surface area contributed by atoms with Crippen LogP contribution >= 0.6 is 0 Å². The number of carbonyl (C=O) groups is 2. The van der Waals surface area contributed by atoms with Crippen molar-refractivity contribution in [2.24, 2.45) is 10.8 Å². The lowest BCUT2D eigenvalue weighted by molar-refractivity contribution is -0.120. The average Bonchev–Trinajstić information content (AvgIpc) is 2.78. The first-order valence-electron chi connectivity index (χ1n) is 12.9. The van der Waals surface area contributed by atoms with Crippen LogP contribution in [0.3, 0.4) is 0 Å². The van der Waals surface area contributed by atoms with Crippen molar-refractivity contribution in [2.75, 3.05) is 0 Å². The second-order valence-electron chi connectivity index (χ2n) is 11.7. The summed E-state index contributed by atoms with van der Waals surface area (Å²) in [4.78, 5) is 49.3. The van der Waals surface area contributed by atoms with E-state index < -0.39 is 33.7 Å². The second kappa shape index (κ2) is 12.9. The molecule has 8 nitrogen and oxygen atoms in total. The van der Waals surface area contributed by atoms with Crippen LogP contribution in [0.5, 0.6) is 11.5 Å². The summed E-state index contributed by atoms with van der Waals surface area (Å²) >= 11 is 0. The topological polar surface area (TPSA) is 135 Å². The number of carbonyl (C=O) groups excluding carboxylic acids is 2. The molecule has 0 aliphatic carbocycles. The summed E-state index contributed by atoms with van der Waals surface area (Å²) in [7, 11) is 0. The Morgan fingerprint density at radius 2 is 1.38 bits per heavy atom. The molecule has 37 heavy (non-hydrogen) atoms. The highest BCUT2D eigenvalue weighted by Gasteiger charge is 2.37. The summed E-state index contributed by atoms with van der Waals surface area (Å²) in [5, 5.41) is 19.5. The van der Waals surface area contributed by atoms with Crippen LogP contribution in [0.25, 0.3) is 0 Å². The summed E-state index contributed by atoms with van der Waals surface area (Å²) in [5.41, 5.74) is -1.67. The summed E-state index contributed by atoms with van der Waals surface area (Å²) in [5.74, 6) is -1.49. The zero-order valence-corrected chi connectivity index (χ0v) is 22.6. The minimum Gasteiger partial charge on any atom is -0.502 e. The molecular formula is C29H40O8. The Bertz CT molecular complexity index is 1180. The minimum atomic E-state index is -0.773. The molecule has 2 heterocycles. The lowest BCUT2D eigenvalue weighted by Gasteiger charge is -2.33. The quantitative estimate of drug-likeness (QED) is 0.319. The SMILES string of the molecule is CC(C)(C)CCCC(=O)CCCC(=O)CCCC(C)(C)C(c1cc(=O)c(O)co1)c1cocc(O)c1=O. The van der Waals surface area contributed by atoms with Gasteiger partial charge in [-0.25, -0.2) is 0 Å². The van der Waals surface area contributed by atoms with E-state index in [9.17, 15) is 29.4 Å². The highest BCUT2D eigenvalue weighted by Crippen LogP contribution is 2.43. The first kappa shape index (κ1) is 30.1. The number of ketones is 2. The van der Waals surface area contributed by atoms with Crippen molar-refractivity contribution in [1.29, 1.82) is 0 Å². The third kappa shape index (κ3) is 9.34. The molecule has 0 spiro atoms. The Morgan fingerprint density at radius 1 is 0.811 bits per heavy atom. The lowest BCUT2D eigenvalue weighted by atomic mass is 9.70. The molecule has 0 saturated heterocycles. The van der Waals surface area contributed by atoms with E-state index >= 15 is 0 Å². The van der Waals surface area contributed by atoms with Gasteiger partial charge in [0.05, 0.1) is 12.2 Å². The van der Waals surface area contributed by atoms with Crippen LogP contribution in [-0.4, -0.2) is 21.8 Å². The van der Waals surface area contributed by atoms with E-state index in [1.807, 2.05) is 13.8 Å². The fourth-order valence-corrected chi connectivity index (χ4v) is 4.59. The van der Waals surface area contributed by atoms with Crippen LogP contribution in [0.15, 0.2) is 43.3 Å². The molecule has 0 saturated carbocycles. The lowest BCUT2D eigenvalue weighted by Crippen LogP contribution is -2.28. The van der Waals surface area contributed by atoms with Gasteiger partial charge >= 0.3 is 0 Å². The summed E-state index contributed by atoms with van der Waals surface area (Å²) in [6.45, 7) is 10.2. The molecule has 204 valence electrons. The van der Waals surface area contributed by atoms with Gasteiger partial charge in [-0.3, -0.25) is 19.2 Å². The van der Waals surface area contributed by atoms with Gasteiger partial charge < -0.3 is 19.0 Å². The number of hydrogen-bond acceptors (Lipinski definition) is 8. The number of hydrogen-bond donors (Lipinski definition) is 2. The van der Waals surface area contributed by atoms with Crippen molar-refractivity contribution in [1.82, 2.24) is 0 Å². The zero-order valence-electron chi connectivity index (χ0n) is 22.6. The fraction of sp³-hybridized carbons (Fsp3) is 0.586. The van der Waals surface area contributed by atoms with E-state index in [0.29, 0.717) is 44.9 Å². The summed E-state index contributed by atoms with van der Waals surface area (Å²) in [6.07, 6.45) is 8.11. The van der Waals surface area contributed by atoms with Gasteiger partial charge in [0.25, 0.3) is 0 Å². The van der Waals surface area contributed by atoms with Gasteiger partial charge in [-0.15, -0.1) is 0 Å². The fourth-order valence-electron chi connectivity index (χ4n) is 4.59. The van der Waals surface area contributed by atoms with Crippen LogP contribution in [0.1, 0.15) is 110 Å². The molecule has 2 rings (SSSR count). The zero-order chi connectivity index (χ0) is 27.8. The van der Waals surface area contributed by atoms with E-state index in [0.717, 1.165) is 31.4 Å². The number of Topliss-reactive ketones (excluding diaryl/α,β-unsaturated/α-hetero) is 2. The molecule has 0 aromatic carbocycles. The monoisotopic (exact) mass is 516 g/mol. The molecular weight excluding hydrogens is 476 g/mol. The Balaban J connectivity index is 1.99. The van der Waals surface area contributed by atoms with Crippen molar-refractivity contribution < 1.29 is 28.6 Å². The molecule has 2 N–H and O–H groups in total. The maximum atomic E-state index is 12.7. The van der Waals surface area contributed by atoms with E-state index in [1.165, 1.54) is 6.26 Å². The average molecular weight is 517 g/mol. The molecule has 0 bridgehead atoms. The van der Waals surface area contributed by atoms with Crippen LogP contribution in [0, 0.1) is 10.8 Å². The predicted molar refractivity (Wildman–Crippen MR) is 140 cm³/mol. The summed E-state index contributed by atoms with van der Waals surface area (Å²) < 4.78 is 10.6. The van der Waals surface area contributed by atoms with Gasteiger partial charge in [-0.1, -0.05) is 34.6 Å². The van der Waals surface area contributed by atoms with Gasteiger partial charge in [0.1, 0.15) is 29.9 Å². The largest absolute Gasteiger partial charge is 0.502 e. The molecule has 0 aliphatic heterocycles. The van der Waals surface area contributed by atoms with Gasteiger partial charge in [0, 0.05) is 37.3 Å². The Morgan fingerprint density at radius 3 is 1.95 bits per heavy atom. The van der Waals surface area contributed by atoms with Crippen LogP contribution in [-0.2, 0) is 9.59 Å². The van der Waals surface area contributed by atoms with Crippen molar-refractivity contribution in [2.45, 2.75) is 98.3 Å². The maximum Gasteiger partial charge on any atom is 0.230 e. The third-order valence-corrected chi connectivity index (χ3v) is 6.65. The van der Waals surface area contributed by atoms with Gasteiger partial charge in [-0.05, 0) is 42.9 Å².